The highest BCUT2D eigenvalue weighted by Gasteiger charge is 2.48. The van der Waals surface area contributed by atoms with Crippen molar-refractivity contribution in [2.45, 2.75) is 26.3 Å². The number of benzene rings is 2. The van der Waals surface area contributed by atoms with Gasteiger partial charge in [0.15, 0.2) is 5.82 Å². The van der Waals surface area contributed by atoms with E-state index >= 15 is 0 Å². The van der Waals surface area contributed by atoms with Crippen LogP contribution in [0.25, 0.3) is 5.76 Å². The smallest absolute Gasteiger partial charge is 0.301 e. The number of aromatic nitrogens is 1. The van der Waals surface area contributed by atoms with Crippen molar-refractivity contribution >= 4 is 23.3 Å². The SMILES string of the molecule is CCCOc1ccc([C@@H]2C(=C(O)c3ccccc3)C(=O)C(=O)N2c2cc(C)on2)cc1. The van der Waals surface area contributed by atoms with Crippen molar-refractivity contribution in [1.82, 2.24) is 5.16 Å². The van der Waals surface area contributed by atoms with Gasteiger partial charge < -0.3 is 14.4 Å². The summed E-state index contributed by atoms with van der Waals surface area (Å²) < 4.78 is 10.8. The van der Waals surface area contributed by atoms with E-state index < -0.39 is 17.7 Å². The number of carbonyl (C=O) groups excluding carboxylic acids is 2. The third-order valence-corrected chi connectivity index (χ3v) is 5.02. The molecule has 1 fully saturated rings. The first kappa shape index (κ1) is 20.4. The van der Waals surface area contributed by atoms with Gasteiger partial charge >= 0.3 is 5.91 Å². The molecule has 3 aromatic rings. The molecule has 1 amide bonds. The van der Waals surface area contributed by atoms with Gasteiger partial charge in [-0.15, -0.1) is 0 Å². The molecule has 4 rings (SSSR count). The highest BCUT2D eigenvalue weighted by atomic mass is 16.5. The number of aliphatic hydroxyl groups is 1. The Hall–Kier alpha value is -3.87. The molecule has 2 heterocycles. The lowest BCUT2D eigenvalue weighted by Crippen LogP contribution is -2.29. The van der Waals surface area contributed by atoms with E-state index in [-0.39, 0.29) is 17.2 Å². The number of ether oxygens (including phenoxy) is 1. The van der Waals surface area contributed by atoms with Gasteiger partial charge in [0.05, 0.1) is 18.2 Å². The summed E-state index contributed by atoms with van der Waals surface area (Å²) in [5.41, 5.74) is 1.09. The summed E-state index contributed by atoms with van der Waals surface area (Å²) in [5, 5.41) is 14.9. The second-order valence-electron chi connectivity index (χ2n) is 7.25. The predicted octanol–water partition coefficient (Wildman–Crippen LogP) is 4.40. The van der Waals surface area contributed by atoms with E-state index in [1.54, 1.807) is 67.6 Å². The minimum Gasteiger partial charge on any atom is -0.507 e. The fourth-order valence-corrected chi connectivity index (χ4v) is 3.57. The zero-order chi connectivity index (χ0) is 22.0. The molecule has 7 nitrogen and oxygen atoms in total. The first-order chi connectivity index (χ1) is 15.0. The molecule has 0 unspecified atom stereocenters. The second kappa shape index (κ2) is 8.47. The fraction of sp³-hybridized carbons (Fsp3) is 0.208. The van der Waals surface area contributed by atoms with Crippen molar-refractivity contribution in [2.24, 2.45) is 0 Å². The molecule has 31 heavy (non-hydrogen) atoms. The largest absolute Gasteiger partial charge is 0.507 e. The van der Waals surface area contributed by atoms with Gasteiger partial charge in [0.25, 0.3) is 5.78 Å². The first-order valence-electron chi connectivity index (χ1n) is 10.0. The van der Waals surface area contributed by atoms with E-state index in [1.165, 1.54) is 4.90 Å². The minimum absolute atomic E-state index is 0.000852. The zero-order valence-electron chi connectivity index (χ0n) is 17.2. The number of aliphatic hydroxyl groups excluding tert-OH is 1. The molecule has 1 aromatic heterocycles. The van der Waals surface area contributed by atoms with Crippen LogP contribution >= 0.6 is 0 Å². The van der Waals surface area contributed by atoms with Crippen molar-refractivity contribution in [3.05, 3.63) is 83.1 Å². The van der Waals surface area contributed by atoms with Crippen LogP contribution in [0, 0.1) is 6.92 Å². The summed E-state index contributed by atoms with van der Waals surface area (Å²) in [6, 6.07) is 16.5. The average Bonchev–Trinajstić information content (AvgIpc) is 3.33. The summed E-state index contributed by atoms with van der Waals surface area (Å²) in [6.07, 6.45) is 0.879. The quantitative estimate of drug-likeness (QED) is 0.362. The third-order valence-electron chi connectivity index (χ3n) is 5.02. The van der Waals surface area contributed by atoms with Crippen LogP contribution in [0.5, 0.6) is 5.75 Å². The number of hydrogen-bond acceptors (Lipinski definition) is 6. The van der Waals surface area contributed by atoms with Crippen LogP contribution in [0.1, 0.15) is 36.3 Å². The van der Waals surface area contributed by atoms with E-state index in [0.29, 0.717) is 29.2 Å². The van der Waals surface area contributed by atoms with Crippen molar-refractivity contribution in [2.75, 3.05) is 11.5 Å². The number of aryl methyl sites for hydroxylation is 1. The molecule has 158 valence electrons. The van der Waals surface area contributed by atoms with Gasteiger partial charge in [0.1, 0.15) is 17.3 Å². The molecule has 1 N–H and O–H groups in total. The molecular weight excluding hydrogens is 396 g/mol. The van der Waals surface area contributed by atoms with E-state index in [9.17, 15) is 14.7 Å². The van der Waals surface area contributed by atoms with E-state index in [0.717, 1.165) is 6.42 Å². The summed E-state index contributed by atoms with van der Waals surface area (Å²) in [7, 11) is 0. The number of carbonyl (C=O) groups is 2. The maximum absolute atomic E-state index is 13.0. The van der Waals surface area contributed by atoms with E-state index in [4.69, 9.17) is 9.26 Å². The molecule has 1 aliphatic rings. The molecule has 0 aliphatic carbocycles. The maximum Gasteiger partial charge on any atom is 0.301 e. The molecule has 0 radical (unpaired) electrons. The van der Waals surface area contributed by atoms with Gasteiger partial charge in [0.2, 0.25) is 0 Å². The topological polar surface area (TPSA) is 92.9 Å². The zero-order valence-corrected chi connectivity index (χ0v) is 17.2. The maximum atomic E-state index is 13.0. The third kappa shape index (κ3) is 3.82. The van der Waals surface area contributed by atoms with E-state index in [1.807, 2.05) is 6.92 Å². The lowest BCUT2D eigenvalue weighted by molar-refractivity contribution is -0.132. The lowest BCUT2D eigenvalue weighted by atomic mass is 9.95. The molecule has 0 bridgehead atoms. The molecular formula is C24H22N2O5. The Morgan fingerprint density at radius 1 is 1.13 bits per heavy atom. The van der Waals surface area contributed by atoms with Gasteiger partial charge in [-0.3, -0.25) is 14.5 Å². The summed E-state index contributed by atoms with van der Waals surface area (Å²) in [5.74, 6) is -0.397. The highest BCUT2D eigenvalue weighted by molar-refractivity contribution is 6.51. The van der Waals surface area contributed by atoms with E-state index in [2.05, 4.69) is 5.16 Å². The molecule has 1 saturated heterocycles. The van der Waals surface area contributed by atoms with Crippen molar-refractivity contribution in [3.8, 4) is 5.75 Å². The number of anilines is 1. The van der Waals surface area contributed by atoms with Gasteiger partial charge in [-0.25, -0.2) is 0 Å². The molecule has 0 saturated carbocycles. The van der Waals surface area contributed by atoms with Crippen LogP contribution in [0.3, 0.4) is 0 Å². The van der Waals surface area contributed by atoms with Crippen molar-refractivity contribution in [1.29, 1.82) is 0 Å². The number of hydrogen-bond donors (Lipinski definition) is 1. The second-order valence-corrected chi connectivity index (χ2v) is 7.25. The van der Waals surface area contributed by atoms with Crippen LogP contribution in [0.2, 0.25) is 0 Å². The number of amides is 1. The van der Waals surface area contributed by atoms with Crippen molar-refractivity contribution < 1.29 is 24.0 Å². The van der Waals surface area contributed by atoms with Crippen LogP contribution in [-0.4, -0.2) is 28.6 Å². The minimum atomic E-state index is -0.857. The van der Waals surface area contributed by atoms with Gasteiger partial charge in [0, 0.05) is 11.6 Å². The Labute approximate surface area is 179 Å². The Bertz CT molecular complexity index is 1130. The number of rotatable bonds is 6. The Balaban J connectivity index is 1.85. The summed E-state index contributed by atoms with van der Waals surface area (Å²) >= 11 is 0. The molecule has 2 aromatic carbocycles. The molecule has 0 spiro atoms. The Morgan fingerprint density at radius 2 is 1.84 bits per heavy atom. The standard InChI is InChI=1S/C24H22N2O5/c1-3-13-30-18-11-9-16(10-12-18)21-20(22(27)17-7-5-4-6-8-17)23(28)24(29)26(21)19-14-15(2)31-25-19/h4-12,14,21,27H,3,13H2,1-2H3/t21-/m1/s1. The van der Waals surface area contributed by atoms with Crippen LogP contribution in [0.4, 0.5) is 5.82 Å². The van der Waals surface area contributed by atoms with Crippen LogP contribution < -0.4 is 9.64 Å². The monoisotopic (exact) mass is 418 g/mol. The van der Waals surface area contributed by atoms with Crippen LogP contribution in [-0.2, 0) is 9.59 Å². The normalized spacial score (nSPS) is 17.9. The lowest BCUT2D eigenvalue weighted by Gasteiger charge is -2.23. The van der Waals surface area contributed by atoms with Gasteiger partial charge in [-0.2, -0.15) is 0 Å². The molecule has 1 aliphatic heterocycles. The summed E-state index contributed by atoms with van der Waals surface area (Å²) in [6.45, 7) is 4.31. The van der Waals surface area contributed by atoms with Crippen molar-refractivity contribution in [3.63, 3.8) is 0 Å². The molecule has 1 atom stereocenters. The fourth-order valence-electron chi connectivity index (χ4n) is 3.57. The number of Topliss-reactive ketones (excluding diaryl/α,β-unsaturated/α-hetero) is 1. The van der Waals surface area contributed by atoms with Crippen LogP contribution in [0.15, 0.2) is 70.8 Å². The van der Waals surface area contributed by atoms with Gasteiger partial charge in [-0.05, 0) is 31.0 Å². The average molecular weight is 418 g/mol. The molecule has 7 heteroatoms. The summed E-state index contributed by atoms with van der Waals surface area (Å²) in [4.78, 5) is 27.2. The highest BCUT2D eigenvalue weighted by Crippen LogP contribution is 2.42. The first-order valence-corrected chi connectivity index (χ1v) is 10.0. The van der Waals surface area contributed by atoms with Gasteiger partial charge in [-0.1, -0.05) is 54.5 Å². The Morgan fingerprint density at radius 3 is 2.45 bits per heavy atom. The number of ketones is 1. The Kier molecular flexibility index (Phi) is 5.58. The predicted molar refractivity (Wildman–Crippen MR) is 115 cm³/mol. The number of nitrogens with zero attached hydrogens (tertiary/aromatic N) is 2.